The van der Waals surface area contributed by atoms with Crippen molar-refractivity contribution in [2.45, 2.75) is 6.92 Å². The Balaban J connectivity index is 1.90. The SMILES string of the molecule is CC(=O)c1ccc(NC(=O)COC(=O)c2ccc(Cl)cc2N)cc1. The zero-order chi connectivity index (χ0) is 17.7. The number of benzene rings is 2. The highest BCUT2D eigenvalue weighted by Gasteiger charge is 2.13. The van der Waals surface area contributed by atoms with E-state index in [4.69, 9.17) is 22.1 Å². The van der Waals surface area contributed by atoms with Gasteiger partial charge in [0, 0.05) is 22.0 Å². The molecule has 0 aromatic heterocycles. The Bertz CT molecular complexity index is 788. The summed E-state index contributed by atoms with van der Waals surface area (Å²) in [5.41, 5.74) is 7.02. The Morgan fingerprint density at radius 3 is 2.38 bits per heavy atom. The highest BCUT2D eigenvalue weighted by Crippen LogP contribution is 2.18. The molecule has 2 aromatic carbocycles. The minimum atomic E-state index is -0.716. The number of carbonyl (C=O) groups excluding carboxylic acids is 3. The molecule has 0 saturated carbocycles. The van der Waals surface area contributed by atoms with Gasteiger partial charge in [-0.1, -0.05) is 11.6 Å². The van der Waals surface area contributed by atoms with Crippen LogP contribution in [0, 0.1) is 0 Å². The predicted molar refractivity (Wildman–Crippen MR) is 91.2 cm³/mol. The average Bonchev–Trinajstić information content (AvgIpc) is 2.53. The van der Waals surface area contributed by atoms with Gasteiger partial charge < -0.3 is 15.8 Å². The lowest BCUT2D eigenvalue weighted by atomic mass is 10.1. The van der Waals surface area contributed by atoms with Crippen molar-refractivity contribution in [3.8, 4) is 0 Å². The fraction of sp³-hybridized carbons (Fsp3) is 0.118. The van der Waals surface area contributed by atoms with Crippen LogP contribution in [0.2, 0.25) is 5.02 Å². The number of Topliss-reactive ketones (excluding diaryl/α,β-unsaturated/α-hetero) is 1. The fourth-order valence-electron chi connectivity index (χ4n) is 1.91. The lowest BCUT2D eigenvalue weighted by Crippen LogP contribution is -2.21. The van der Waals surface area contributed by atoms with Crippen molar-refractivity contribution in [1.29, 1.82) is 0 Å². The van der Waals surface area contributed by atoms with Crippen LogP contribution in [0.5, 0.6) is 0 Å². The zero-order valence-corrected chi connectivity index (χ0v) is 13.6. The second kappa shape index (κ2) is 7.61. The number of hydrogen-bond donors (Lipinski definition) is 2. The molecule has 0 aliphatic heterocycles. The van der Waals surface area contributed by atoms with E-state index in [-0.39, 0.29) is 17.0 Å². The number of hydrogen-bond acceptors (Lipinski definition) is 5. The third kappa shape index (κ3) is 4.57. The summed E-state index contributed by atoms with van der Waals surface area (Å²) in [6.07, 6.45) is 0. The molecule has 0 heterocycles. The lowest BCUT2D eigenvalue weighted by molar-refractivity contribution is -0.119. The van der Waals surface area contributed by atoms with Crippen molar-refractivity contribution in [3.05, 3.63) is 58.6 Å². The normalized spacial score (nSPS) is 10.1. The van der Waals surface area contributed by atoms with Gasteiger partial charge >= 0.3 is 5.97 Å². The minimum absolute atomic E-state index is 0.0673. The average molecular weight is 347 g/mol. The predicted octanol–water partition coefficient (Wildman–Crippen LogP) is 2.92. The highest BCUT2D eigenvalue weighted by atomic mass is 35.5. The van der Waals surface area contributed by atoms with Gasteiger partial charge in [0.05, 0.1) is 5.56 Å². The number of amides is 1. The maximum atomic E-state index is 11.9. The number of carbonyl (C=O) groups is 3. The summed E-state index contributed by atoms with van der Waals surface area (Å²) in [6.45, 7) is 0.991. The molecule has 2 rings (SSSR count). The molecule has 1 amide bonds. The molecule has 0 bridgehead atoms. The molecule has 6 nitrogen and oxygen atoms in total. The van der Waals surface area contributed by atoms with Crippen LogP contribution in [0.3, 0.4) is 0 Å². The van der Waals surface area contributed by atoms with E-state index in [1.54, 1.807) is 24.3 Å². The number of esters is 1. The largest absolute Gasteiger partial charge is 0.452 e. The first-order valence-electron chi connectivity index (χ1n) is 7.00. The second-order valence-electron chi connectivity index (χ2n) is 4.99. The van der Waals surface area contributed by atoms with Crippen molar-refractivity contribution in [3.63, 3.8) is 0 Å². The van der Waals surface area contributed by atoms with Gasteiger partial charge in [0.1, 0.15) is 0 Å². The smallest absolute Gasteiger partial charge is 0.340 e. The number of ether oxygens (including phenoxy) is 1. The van der Waals surface area contributed by atoms with Crippen LogP contribution < -0.4 is 11.1 Å². The number of rotatable bonds is 5. The van der Waals surface area contributed by atoms with Crippen LogP contribution >= 0.6 is 11.6 Å². The molecule has 7 heteroatoms. The van der Waals surface area contributed by atoms with Gasteiger partial charge in [-0.3, -0.25) is 9.59 Å². The quantitative estimate of drug-likeness (QED) is 0.492. The molecule has 3 N–H and O–H groups in total. The summed E-state index contributed by atoms with van der Waals surface area (Å²) < 4.78 is 4.92. The summed E-state index contributed by atoms with van der Waals surface area (Å²) in [6, 6.07) is 10.7. The topological polar surface area (TPSA) is 98.5 Å². The lowest BCUT2D eigenvalue weighted by Gasteiger charge is -2.08. The van der Waals surface area contributed by atoms with Gasteiger partial charge in [-0.05, 0) is 49.4 Å². The van der Waals surface area contributed by atoms with E-state index >= 15 is 0 Å². The maximum absolute atomic E-state index is 11.9. The van der Waals surface area contributed by atoms with Crippen LogP contribution in [-0.2, 0) is 9.53 Å². The van der Waals surface area contributed by atoms with Gasteiger partial charge in [-0.25, -0.2) is 4.79 Å². The van der Waals surface area contributed by atoms with E-state index in [1.807, 2.05) is 0 Å². The molecule has 0 spiro atoms. The van der Waals surface area contributed by atoms with Crippen LogP contribution in [-0.4, -0.2) is 24.3 Å². The summed E-state index contributed by atoms with van der Waals surface area (Å²) in [5.74, 6) is -1.29. The van der Waals surface area contributed by atoms with Gasteiger partial charge in [0.25, 0.3) is 5.91 Å². The molecule has 0 unspecified atom stereocenters. The fourth-order valence-corrected chi connectivity index (χ4v) is 2.09. The molecular formula is C17H15ClN2O4. The molecule has 0 fully saturated rings. The van der Waals surface area contributed by atoms with E-state index in [1.165, 1.54) is 25.1 Å². The minimum Gasteiger partial charge on any atom is -0.452 e. The molecule has 0 saturated heterocycles. The van der Waals surface area contributed by atoms with Crippen molar-refractivity contribution < 1.29 is 19.1 Å². The Labute approximate surface area is 143 Å². The molecule has 0 atom stereocenters. The van der Waals surface area contributed by atoms with E-state index in [0.717, 1.165) is 0 Å². The number of nitrogens with one attached hydrogen (secondary N) is 1. The third-order valence-corrected chi connectivity index (χ3v) is 3.38. The molecule has 24 heavy (non-hydrogen) atoms. The molecular weight excluding hydrogens is 332 g/mol. The summed E-state index contributed by atoms with van der Waals surface area (Å²) in [5, 5.41) is 2.96. The van der Waals surface area contributed by atoms with E-state index in [0.29, 0.717) is 16.3 Å². The van der Waals surface area contributed by atoms with Gasteiger partial charge in [-0.2, -0.15) is 0 Å². The van der Waals surface area contributed by atoms with Crippen molar-refractivity contribution in [1.82, 2.24) is 0 Å². The summed E-state index contributed by atoms with van der Waals surface area (Å²) in [7, 11) is 0. The highest BCUT2D eigenvalue weighted by molar-refractivity contribution is 6.31. The van der Waals surface area contributed by atoms with Crippen molar-refractivity contribution in [2.75, 3.05) is 17.7 Å². The zero-order valence-electron chi connectivity index (χ0n) is 12.8. The first kappa shape index (κ1) is 17.5. The number of nitrogens with two attached hydrogens (primary N) is 1. The Hall–Kier alpha value is -2.86. The molecule has 2 aromatic rings. The number of halogens is 1. The summed E-state index contributed by atoms with van der Waals surface area (Å²) in [4.78, 5) is 34.9. The Kier molecular flexibility index (Phi) is 5.55. The molecule has 0 aliphatic rings. The standard InChI is InChI=1S/C17H15ClN2O4/c1-10(21)11-2-5-13(6-3-11)20-16(22)9-24-17(23)14-7-4-12(18)8-15(14)19/h2-8H,9,19H2,1H3,(H,20,22). The van der Waals surface area contributed by atoms with Crippen LogP contribution in [0.1, 0.15) is 27.6 Å². The van der Waals surface area contributed by atoms with E-state index in [9.17, 15) is 14.4 Å². The Morgan fingerprint density at radius 1 is 1.12 bits per heavy atom. The molecule has 0 radical (unpaired) electrons. The first-order chi connectivity index (χ1) is 11.4. The van der Waals surface area contributed by atoms with E-state index < -0.39 is 18.5 Å². The maximum Gasteiger partial charge on any atom is 0.340 e. The molecule has 124 valence electrons. The number of ketones is 1. The van der Waals surface area contributed by atoms with Crippen LogP contribution in [0.25, 0.3) is 0 Å². The van der Waals surface area contributed by atoms with Crippen molar-refractivity contribution in [2.24, 2.45) is 0 Å². The van der Waals surface area contributed by atoms with Crippen LogP contribution in [0.15, 0.2) is 42.5 Å². The first-order valence-corrected chi connectivity index (χ1v) is 7.37. The number of anilines is 2. The Morgan fingerprint density at radius 2 is 1.79 bits per heavy atom. The monoisotopic (exact) mass is 346 g/mol. The van der Waals surface area contributed by atoms with Gasteiger partial charge in [0.2, 0.25) is 0 Å². The molecule has 0 aliphatic carbocycles. The third-order valence-electron chi connectivity index (χ3n) is 3.14. The number of nitrogen functional groups attached to an aromatic ring is 1. The second-order valence-corrected chi connectivity index (χ2v) is 5.43. The van der Waals surface area contributed by atoms with Crippen LogP contribution in [0.4, 0.5) is 11.4 Å². The van der Waals surface area contributed by atoms with E-state index in [2.05, 4.69) is 5.32 Å². The summed E-state index contributed by atoms with van der Waals surface area (Å²) >= 11 is 5.75. The van der Waals surface area contributed by atoms with Gasteiger partial charge in [0.15, 0.2) is 12.4 Å². The van der Waals surface area contributed by atoms with Crippen molar-refractivity contribution >= 4 is 40.6 Å². The van der Waals surface area contributed by atoms with Gasteiger partial charge in [-0.15, -0.1) is 0 Å².